The van der Waals surface area contributed by atoms with Crippen molar-refractivity contribution >= 4 is 27.7 Å². The van der Waals surface area contributed by atoms with Gasteiger partial charge in [0.1, 0.15) is 4.90 Å². The molecule has 7 nitrogen and oxygen atoms in total. The topological polar surface area (TPSA) is 87.1 Å². The van der Waals surface area contributed by atoms with Crippen LogP contribution in [0.4, 0.5) is 0 Å². The van der Waals surface area contributed by atoms with Crippen LogP contribution in [0.5, 0.6) is 0 Å². The van der Waals surface area contributed by atoms with E-state index in [0.29, 0.717) is 24.5 Å². The molecule has 3 aliphatic heterocycles. The van der Waals surface area contributed by atoms with Gasteiger partial charge in [-0.05, 0) is 12.1 Å². The number of hydrogen-bond acceptors (Lipinski definition) is 5. The first-order chi connectivity index (χ1) is 10.4. The number of benzene rings is 1. The second kappa shape index (κ2) is 4.16. The molecule has 0 bridgehead atoms. The zero-order valence-electron chi connectivity index (χ0n) is 11.8. The van der Waals surface area contributed by atoms with Crippen molar-refractivity contribution in [2.75, 3.05) is 20.1 Å². The van der Waals surface area contributed by atoms with Gasteiger partial charge < -0.3 is 4.90 Å². The number of imide groups is 1. The molecule has 2 amide bonds. The lowest BCUT2D eigenvalue weighted by Gasteiger charge is -2.20. The number of sulfonamides is 1. The van der Waals surface area contributed by atoms with Crippen LogP contribution in [0.15, 0.2) is 33.6 Å². The maximum absolute atomic E-state index is 12.1. The maximum Gasteiger partial charge on any atom is 0.285 e. The lowest BCUT2D eigenvalue weighted by Crippen LogP contribution is -2.36. The summed E-state index contributed by atoms with van der Waals surface area (Å²) in [7, 11) is -2.20. The quantitative estimate of drug-likeness (QED) is 0.612. The summed E-state index contributed by atoms with van der Waals surface area (Å²) in [5.41, 5.74) is 0.538. The Hall–Kier alpha value is -2.22. The lowest BCUT2D eigenvalue weighted by atomic mass is 10.00. The summed E-state index contributed by atoms with van der Waals surface area (Å²) >= 11 is 0. The molecular weight excluding hydrogens is 306 g/mol. The van der Waals surface area contributed by atoms with E-state index in [0.717, 1.165) is 4.90 Å². The third kappa shape index (κ3) is 1.61. The van der Waals surface area contributed by atoms with Crippen LogP contribution in [0, 0.1) is 11.8 Å². The molecule has 2 unspecified atom stereocenters. The van der Waals surface area contributed by atoms with Gasteiger partial charge in [-0.1, -0.05) is 12.1 Å². The van der Waals surface area contributed by atoms with E-state index in [9.17, 15) is 18.0 Å². The molecule has 8 heteroatoms. The molecule has 0 spiro atoms. The van der Waals surface area contributed by atoms with Crippen LogP contribution in [0.25, 0.3) is 0 Å². The van der Waals surface area contributed by atoms with Gasteiger partial charge in [0.15, 0.2) is 5.84 Å². The summed E-state index contributed by atoms with van der Waals surface area (Å²) in [6.45, 7) is 0.643. The predicted octanol–water partition coefficient (Wildman–Crippen LogP) is -0.318. The van der Waals surface area contributed by atoms with Crippen molar-refractivity contribution in [1.82, 2.24) is 9.80 Å². The van der Waals surface area contributed by atoms with E-state index < -0.39 is 21.9 Å². The highest BCUT2D eigenvalue weighted by Crippen LogP contribution is 2.36. The Kier molecular flexibility index (Phi) is 2.54. The highest BCUT2D eigenvalue weighted by atomic mass is 32.2. The minimum Gasteiger partial charge on any atom is -0.354 e. The lowest BCUT2D eigenvalue weighted by molar-refractivity contribution is -0.138. The summed E-state index contributed by atoms with van der Waals surface area (Å²) in [4.78, 5) is 27.2. The fraction of sp³-hybridized carbons (Fsp3) is 0.357. The molecule has 0 saturated carbocycles. The minimum atomic E-state index is -3.69. The Labute approximate surface area is 127 Å². The van der Waals surface area contributed by atoms with Gasteiger partial charge in [0.05, 0.1) is 11.8 Å². The Balaban J connectivity index is 1.72. The van der Waals surface area contributed by atoms with Gasteiger partial charge in [-0.25, -0.2) is 0 Å². The van der Waals surface area contributed by atoms with Crippen molar-refractivity contribution in [3.63, 3.8) is 0 Å². The van der Waals surface area contributed by atoms with Crippen LogP contribution in [-0.4, -0.2) is 56.0 Å². The van der Waals surface area contributed by atoms with Gasteiger partial charge in [-0.3, -0.25) is 14.5 Å². The first-order valence-corrected chi connectivity index (χ1v) is 8.35. The number of fused-ring (bicyclic) bond motifs is 2. The number of nitrogens with zero attached hydrogens (tertiary/aromatic N) is 3. The van der Waals surface area contributed by atoms with Gasteiger partial charge in [0.25, 0.3) is 10.0 Å². The Morgan fingerprint density at radius 1 is 1.09 bits per heavy atom. The Morgan fingerprint density at radius 3 is 2.32 bits per heavy atom. The molecule has 2 fully saturated rings. The van der Waals surface area contributed by atoms with Crippen LogP contribution in [-0.2, 0) is 19.6 Å². The zero-order chi connectivity index (χ0) is 15.6. The number of rotatable bonds is 0. The molecule has 1 aromatic rings. The normalized spacial score (nSPS) is 28.9. The third-order valence-electron chi connectivity index (χ3n) is 4.53. The first kappa shape index (κ1) is 13.4. The third-order valence-corrected chi connectivity index (χ3v) is 5.85. The number of amides is 2. The summed E-state index contributed by atoms with van der Waals surface area (Å²) in [6.07, 6.45) is 0. The SMILES string of the molecule is CN1C(=O)C2CN(C3=NS(=O)(=O)c4ccccc43)CC2C1=O. The molecule has 114 valence electrons. The van der Waals surface area contributed by atoms with Crippen molar-refractivity contribution in [2.45, 2.75) is 4.90 Å². The van der Waals surface area contributed by atoms with Crippen LogP contribution >= 0.6 is 0 Å². The van der Waals surface area contributed by atoms with Crippen molar-refractivity contribution in [3.8, 4) is 0 Å². The molecule has 0 N–H and O–H groups in total. The molecule has 3 aliphatic rings. The molecule has 22 heavy (non-hydrogen) atoms. The maximum atomic E-state index is 12.1. The molecule has 4 rings (SSSR count). The molecule has 0 radical (unpaired) electrons. The Bertz CT molecular complexity index is 821. The zero-order valence-corrected chi connectivity index (χ0v) is 12.6. The van der Waals surface area contributed by atoms with Gasteiger partial charge in [-0.15, -0.1) is 4.40 Å². The average Bonchev–Trinajstić information content (AvgIpc) is 3.10. The van der Waals surface area contributed by atoms with E-state index >= 15 is 0 Å². The highest BCUT2D eigenvalue weighted by Gasteiger charge is 2.52. The average molecular weight is 319 g/mol. The number of amidine groups is 1. The largest absolute Gasteiger partial charge is 0.354 e. The molecule has 0 aliphatic carbocycles. The monoisotopic (exact) mass is 319 g/mol. The first-order valence-electron chi connectivity index (χ1n) is 6.91. The van der Waals surface area contributed by atoms with Gasteiger partial charge in [-0.2, -0.15) is 8.42 Å². The second-order valence-electron chi connectivity index (χ2n) is 5.74. The molecule has 3 heterocycles. The van der Waals surface area contributed by atoms with Crippen LogP contribution in [0.3, 0.4) is 0 Å². The van der Waals surface area contributed by atoms with Crippen molar-refractivity contribution in [2.24, 2.45) is 16.2 Å². The molecule has 0 aromatic heterocycles. The molecule has 2 saturated heterocycles. The summed E-state index contributed by atoms with van der Waals surface area (Å²) in [6, 6.07) is 6.61. The van der Waals surface area contributed by atoms with E-state index in [-0.39, 0.29) is 16.7 Å². The summed E-state index contributed by atoms with van der Waals surface area (Å²) in [5.74, 6) is -0.876. The number of carbonyl (C=O) groups is 2. The summed E-state index contributed by atoms with van der Waals surface area (Å²) in [5, 5.41) is 0. The van der Waals surface area contributed by atoms with Crippen LogP contribution < -0.4 is 0 Å². The van der Waals surface area contributed by atoms with Crippen LogP contribution in [0.2, 0.25) is 0 Å². The van der Waals surface area contributed by atoms with E-state index in [2.05, 4.69) is 4.40 Å². The predicted molar refractivity (Wildman–Crippen MR) is 76.5 cm³/mol. The van der Waals surface area contributed by atoms with E-state index in [4.69, 9.17) is 0 Å². The number of carbonyl (C=O) groups excluding carboxylic acids is 2. The van der Waals surface area contributed by atoms with Gasteiger partial charge in [0.2, 0.25) is 11.8 Å². The van der Waals surface area contributed by atoms with Crippen molar-refractivity contribution < 1.29 is 18.0 Å². The second-order valence-corrected chi connectivity index (χ2v) is 7.31. The van der Waals surface area contributed by atoms with Gasteiger partial charge >= 0.3 is 0 Å². The van der Waals surface area contributed by atoms with Gasteiger partial charge in [0, 0.05) is 25.7 Å². The minimum absolute atomic E-state index is 0.178. The smallest absolute Gasteiger partial charge is 0.285 e. The van der Waals surface area contributed by atoms with E-state index in [1.165, 1.54) is 13.1 Å². The molecular formula is C14H13N3O4S. The van der Waals surface area contributed by atoms with Crippen molar-refractivity contribution in [3.05, 3.63) is 29.8 Å². The number of hydrogen-bond donors (Lipinski definition) is 0. The van der Waals surface area contributed by atoms with E-state index in [1.54, 1.807) is 23.1 Å². The fourth-order valence-electron chi connectivity index (χ4n) is 3.40. The van der Waals surface area contributed by atoms with Crippen LogP contribution in [0.1, 0.15) is 5.56 Å². The standard InChI is InChI=1S/C14H13N3O4S/c1-16-13(18)9-6-17(7-10(9)14(16)19)12-8-4-2-3-5-11(8)22(20,21)15-12/h2-5,9-10H,6-7H2,1H3. The molecule has 1 aromatic carbocycles. The highest BCUT2D eigenvalue weighted by molar-refractivity contribution is 7.90. The van der Waals surface area contributed by atoms with E-state index in [1.807, 2.05) is 0 Å². The molecule has 2 atom stereocenters. The van der Waals surface area contributed by atoms with Crippen molar-refractivity contribution in [1.29, 1.82) is 0 Å². The Morgan fingerprint density at radius 2 is 1.68 bits per heavy atom. The summed E-state index contributed by atoms with van der Waals surface area (Å²) < 4.78 is 28.0. The number of likely N-dealkylation sites (tertiary alicyclic amines) is 2. The fourth-order valence-corrected chi connectivity index (χ4v) is 4.63.